The van der Waals surface area contributed by atoms with Crippen LogP contribution in [0.15, 0.2) is 25.3 Å². The van der Waals surface area contributed by atoms with Crippen molar-refractivity contribution < 1.29 is 13.0 Å². The normalized spacial score (nSPS) is 13.6. The molecule has 0 spiro atoms. The van der Waals surface area contributed by atoms with Crippen molar-refractivity contribution in [2.24, 2.45) is 5.92 Å². The van der Waals surface area contributed by atoms with Gasteiger partial charge in [-0.15, -0.1) is 13.2 Å². The zero-order chi connectivity index (χ0) is 10.3. The van der Waals surface area contributed by atoms with Gasteiger partial charge in [-0.25, -0.2) is 0 Å². The first kappa shape index (κ1) is 12.4. The van der Waals surface area contributed by atoms with Gasteiger partial charge in [-0.1, -0.05) is 12.2 Å². The van der Waals surface area contributed by atoms with E-state index in [-0.39, 0.29) is 11.7 Å². The van der Waals surface area contributed by atoms with Crippen LogP contribution in [0, 0.1) is 5.92 Å². The highest BCUT2D eigenvalue weighted by Crippen LogP contribution is 2.14. The van der Waals surface area contributed by atoms with Gasteiger partial charge in [-0.3, -0.25) is 4.55 Å². The first-order chi connectivity index (χ1) is 5.99. The fraction of sp³-hybridized carbons (Fsp3) is 0.556. The molecule has 0 heterocycles. The van der Waals surface area contributed by atoms with Gasteiger partial charge in [0, 0.05) is 0 Å². The smallest absolute Gasteiger partial charge is 0.265 e. The van der Waals surface area contributed by atoms with E-state index in [4.69, 9.17) is 4.55 Å². The summed E-state index contributed by atoms with van der Waals surface area (Å²) in [7, 11) is -3.86. The molecule has 13 heavy (non-hydrogen) atoms. The molecule has 0 saturated heterocycles. The molecule has 0 aliphatic heterocycles. The Bertz CT molecular complexity index is 254. The van der Waals surface area contributed by atoms with Gasteiger partial charge in [0.05, 0.1) is 5.75 Å². The van der Waals surface area contributed by atoms with Crippen LogP contribution in [0.3, 0.4) is 0 Å². The van der Waals surface area contributed by atoms with Crippen LogP contribution in [0.2, 0.25) is 0 Å². The van der Waals surface area contributed by atoms with E-state index in [1.54, 1.807) is 12.2 Å². The number of hydrogen-bond donors (Lipinski definition) is 1. The Morgan fingerprint density at radius 1 is 1.31 bits per heavy atom. The quantitative estimate of drug-likeness (QED) is 0.510. The maximum absolute atomic E-state index is 10.6. The lowest BCUT2D eigenvalue weighted by atomic mass is 10.0. The Hall–Kier alpha value is -0.610. The van der Waals surface area contributed by atoms with E-state index in [0.717, 1.165) is 12.8 Å². The predicted molar refractivity (Wildman–Crippen MR) is 54.2 cm³/mol. The fourth-order valence-corrected chi connectivity index (χ4v) is 2.05. The summed E-state index contributed by atoms with van der Waals surface area (Å²) >= 11 is 0. The van der Waals surface area contributed by atoms with Crippen molar-refractivity contribution in [1.82, 2.24) is 0 Å². The molecule has 1 atom stereocenters. The molecule has 0 fully saturated rings. The van der Waals surface area contributed by atoms with Crippen LogP contribution in [0.4, 0.5) is 0 Å². The SMILES string of the molecule is C=CCCC(CC=C)CS(=O)(=O)O. The summed E-state index contributed by atoms with van der Waals surface area (Å²) in [6, 6.07) is 0. The minimum atomic E-state index is -3.86. The molecule has 0 saturated carbocycles. The molecule has 0 aromatic rings. The predicted octanol–water partition coefficient (Wildman–Crippen LogP) is 2.03. The standard InChI is InChI=1S/C9H16O3S/c1-3-5-7-9(6-4-2)8-13(10,11)12/h3-4,9H,1-2,5-8H2,(H,10,11,12). The summed E-state index contributed by atoms with van der Waals surface area (Å²) in [6.07, 6.45) is 5.48. The van der Waals surface area contributed by atoms with Crippen molar-refractivity contribution in [3.63, 3.8) is 0 Å². The third-order valence-electron chi connectivity index (χ3n) is 1.73. The molecule has 0 bridgehead atoms. The monoisotopic (exact) mass is 204 g/mol. The molecule has 0 aromatic carbocycles. The van der Waals surface area contributed by atoms with Gasteiger partial charge in [-0.2, -0.15) is 8.42 Å². The lowest BCUT2D eigenvalue weighted by Crippen LogP contribution is -2.14. The fourth-order valence-electron chi connectivity index (χ4n) is 1.16. The molecule has 76 valence electrons. The zero-order valence-corrected chi connectivity index (χ0v) is 8.46. The van der Waals surface area contributed by atoms with Gasteiger partial charge in [0.1, 0.15) is 0 Å². The maximum atomic E-state index is 10.6. The van der Waals surface area contributed by atoms with E-state index in [1.807, 2.05) is 0 Å². The zero-order valence-electron chi connectivity index (χ0n) is 7.65. The highest BCUT2D eigenvalue weighted by molar-refractivity contribution is 7.85. The molecule has 0 aliphatic carbocycles. The highest BCUT2D eigenvalue weighted by atomic mass is 32.2. The number of hydrogen-bond acceptors (Lipinski definition) is 2. The minimum absolute atomic E-state index is 0.0505. The van der Waals surface area contributed by atoms with Gasteiger partial charge in [0.25, 0.3) is 10.1 Å². The second-order valence-corrected chi connectivity index (χ2v) is 4.50. The lowest BCUT2D eigenvalue weighted by Gasteiger charge is -2.11. The van der Waals surface area contributed by atoms with Gasteiger partial charge in [-0.05, 0) is 25.2 Å². The second kappa shape index (κ2) is 5.94. The Morgan fingerprint density at radius 2 is 1.92 bits per heavy atom. The van der Waals surface area contributed by atoms with Gasteiger partial charge < -0.3 is 0 Å². The van der Waals surface area contributed by atoms with Gasteiger partial charge in [0.2, 0.25) is 0 Å². The molecule has 0 rings (SSSR count). The van der Waals surface area contributed by atoms with Crippen LogP contribution in [0.5, 0.6) is 0 Å². The molecule has 1 N–H and O–H groups in total. The van der Waals surface area contributed by atoms with Crippen molar-refractivity contribution >= 4 is 10.1 Å². The van der Waals surface area contributed by atoms with Crippen LogP contribution in [0.25, 0.3) is 0 Å². The minimum Gasteiger partial charge on any atom is -0.286 e. The molecular formula is C9H16O3S. The van der Waals surface area contributed by atoms with E-state index in [9.17, 15) is 8.42 Å². The van der Waals surface area contributed by atoms with Crippen molar-refractivity contribution in [1.29, 1.82) is 0 Å². The third kappa shape index (κ3) is 7.74. The summed E-state index contributed by atoms with van der Waals surface area (Å²) < 4.78 is 29.8. The molecule has 0 aromatic heterocycles. The Kier molecular flexibility index (Phi) is 5.66. The van der Waals surface area contributed by atoms with E-state index < -0.39 is 10.1 Å². The number of rotatable bonds is 7. The number of allylic oxidation sites excluding steroid dienone is 2. The van der Waals surface area contributed by atoms with E-state index in [0.29, 0.717) is 6.42 Å². The van der Waals surface area contributed by atoms with E-state index in [1.165, 1.54) is 0 Å². The van der Waals surface area contributed by atoms with Crippen LogP contribution in [-0.4, -0.2) is 18.7 Å². The van der Waals surface area contributed by atoms with E-state index in [2.05, 4.69) is 13.2 Å². The highest BCUT2D eigenvalue weighted by Gasteiger charge is 2.14. The maximum Gasteiger partial charge on any atom is 0.265 e. The largest absolute Gasteiger partial charge is 0.286 e. The van der Waals surface area contributed by atoms with Crippen molar-refractivity contribution in [3.05, 3.63) is 25.3 Å². The van der Waals surface area contributed by atoms with Crippen molar-refractivity contribution in [2.45, 2.75) is 19.3 Å². The van der Waals surface area contributed by atoms with Crippen LogP contribution in [-0.2, 0) is 10.1 Å². The molecule has 0 radical (unpaired) electrons. The summed E-state index contributed by atoms with van der Waals surface area (Å²) in [5.41, 5.74) is 0. The Labute approximate surface area is 79.9 Å². The molecule has 0 amide bonds. The first-order valence-electron chi connectivity index (χ1n) is 4.16. The second-order valence-electron chi connectivity index (χ2n) is 3.01. The van der Waals surface area contributed by atoms with Gasteiger partial charge in [0.15, 0.2) is 0 Å². The van der Waals surface area contributed by atoms with Crippen molar-refractivity contribution in [3.8, 4) is 0 Å². The molecule has 4 heteroatoms. The Morgan fingerprint density at radius 3 is 2.31 bits per heavy atom. The van der Waals surface area contributed by atoms with Crippen LogP contribution < -0.4 is 0 Å². The molecular weight excluding hydrogens is 188 g/mol. The summed E-state index contributed by atoms with van der Waals surface area (Å²) in [5, 5.41) is 0. The average molecular weight is 204 g/mol. The summed E-state index contributed by atoms with van der Waals surface area (Å²) in [6.45, 7) is 7.09. The molecule has 1 unspecified atom stereocenters. The molecule has 3 nitrogen and oxygen atoms in total. The van der Waals surface area contributed by atoms with Crippen molar-refractivity contribution in [2.75, 3.05) is 5.75 Å². The van der Waals surface area contributed by atoms with Crippen LogP contribution >= 0.6 is 0 Å². The van der Waals surface area contributed by atoms with E-state index >= 15 is 0 Å². The average Bonchev–Trinajstić information content (AvgIpc) is 1.98. The Balaban J connectivity index is 4.08. The topological polar surface area (TPSA) is 54.4 Å². The van der Waals surface area contributed by atoms with Crippen LogP contribution in [0.1, 0.15) is 19.3 Å². The molecule has 0 aliphatic rings. The first-order valence-corrected chi connectivity index (χ1v) is 5.77. The summed E-state index contributed by atoms with van der Waals surface area (Å²) in [5.74, 6) is -0.238. The summed E-state index contributed by atoms with van der Waals surface area (Å²) in [4.78, 5) is 0. The van der Waals surface area contributed by atoms with Gasteiger partial charge >= 0.3 is 0 Å². The third-order valence-corrected chi connectivity index (χ3v) is 2.62. The lowest BCUT2D eigenvalue weighted by molar-refractivity contribution is 0.456.